The molecule has 0 spiro atoms. The minimum Gasteiger partial charge on any atom is -0.355 e. The molecule has 0 bridgehead atoms. The summed E-state index contributed by atoms with van der Waals surface area (Å²) in [6.45, 7) is 9.10. The summed E-state index contributed by atoms with van der Waals surface area (Å²) in [6, 6.07) is 8.36. The molecule has 21 heavy (non-hydrogen) atoms. The van der Waals surface area contributed by atoms with E-state index in [0.29, 0.717) is 0 Å². The minimum atomic E-state index is 0.147. The summed E-state index contributed by atoms with van der Waals surface area (Å²) < 4.78 is 1.10. The molecular formula is C16H27BrN4. The summed E-state index contributed by atoms with van der Waals surface area (Å²) in [5.41, 5.74) is 1.41. The van der Waals surface area contributed by atoms with Crippen LogP contribution in [0.15, 0.2) is 33.7 Å². The summed E-state index contributed by atoms with van der Waals surface area (Å²) in [6.07, 6.45) is 0. The molecule has 1 aromatic carbocycles. The number of rotatable bonds is 5. The molecule has 0 fully saturated rings. The van der Waals surface area contributed by atoms with Crippen LogP contribution in [0.2, 0.25) is 0 Å². The van der Waals surface area contributed by atoms with Crippen LogP contribution in [-0.2, 0) is 6.54 Å². The van der Waals surface area contributed by atoms with E-state index in [9.17, 15) is 0 Å². The van der Waals surface area contributed by atoms with Crippen molar-refractivity contribution in [3.05, 3.63) is 34.3 Å². The van der Waals surface area contributed by atoms with Crippen LogP contribution >= 0.6 is 15.9 Å². The van der Waals surface area contributed by atoms with Gasteiger partial charge in [-0.25, -0.2) is 0 Å². The molecule has 1 aromatic rings. The van der Waals surface area contributed by atoms with Gasteiger partial charge in [0.15, 0.2) is 5.96 Å². The van der Waals surface area contributed by atoms with Crippen molar-refractivity contribution in [3.63, 3.8) is 0 Å². The summed E-state index contributed by atoms with van der Waals surface area (Å²) in [5, 5.41) is 6.83. The molecule has 0 saturated carbocycles. The van der Waals surface area contributed by atoms with Gasteiger partial charge in [-0.15, -0.1) is 0 Å². The van der Waals surface area contributed by atoms with Gasteiger partial charge in [-0.3, -0.25) is 4.99 Å². The predicted octanol–water partition coefficient (Wildman–Crippen LogP) is 2.84. The van der Waals surface area contributed by atoms with Crippen LogP contribution in [-0.4, -0.2) is 43.6 Å². The zero-order valence-electron chi connectivity index (χ0n) is 13.7. The third kappa shape index (κ3) is 7.48. The van der Waals surface area contributed by atoms with Crippen LogP contribution in [0.1, 0.15) is 26.3 Å². The molecule has 2 N–H and O–H groups in total. The molecule has 0 amide bonds. The number of nitrogens with zero attached hydrogens (tertiary/aromatic N) is 2. The Balaban J connectivity index is 2.43. The maximum absolute atomic E-state index is 4.33. The SMILES string of the molecule is CN=C(NCCNC(C)(C)C)N(C)Cc1ccc(Br)cc1. The maximum atomic E-state index is 4.33. The van der Waals surface area contributed by atoms with Gasteiger partial charge < -0.3 is 15.5 Å². The third-order valence-electron chi connectivity index (χ3n) is 2.97. The number of guanidine groups is 1. The van der Waals surface area contributed by atoms with E-state index in [2.05, 4.69) is 88.5 Å². The highest BCUT2D eigenvalue weighted by Gasteiger charge is 2.09. The van der Waals surface area contributed by atoms with E-state index in [0.717, 1.165) is 30.1 Å². The van der Waals surface area contributed by atoms with Crippen molar-refractivity contribution in [3.8, 4) is 0 Å². The van der Waals surface area contributed by atoms with Crippen LogP contribution in [0.4, 0.5) is 0 Å². The number of aliphatic imine (C=N–C) groups is 1. The van der Waals surface area contributed by atoms with Crippen LogP contribution in [0.5, 0.6) is 0 Å². The highest BCUT2D eigenvalue weighted by atomic mass is 79.9. The van der Waals surface area contributed by atoms with Gasteiger partial charge in [-0.2, -0.15) is 0 Å². The summed E-state index contributed by atoms with van der Waals surface area (Å²) in [5.74, 6) is 0.911. The zero-order chi connectivity index (χ0) is 15.9. The lowest BCUT2D eigenvalue weighted by atomic mass is 10.1. The Labute approximate surface area is 137 Å². The van der Waals surface area contributed by atoms with Crippen LogP contribution in [0.3, 0.4) is 0 Å². The fourth-order valence-corrected chi connectivity index (χ4v) is 2.20. The van der Waals surface area contributed by atoms with E-state index < -0.39 is 0 Å². The van der Waals surface area contributed by atoms with Gasteiger partial charge in [-0.1, -0.05) is 28.1 Å². The molecule has 0 heterocycles. The number of halogens is 1. The van der Waals surface area contributed by atoms with Gasteiger partial charge >= 0.3 is 0 Å². The lowest BCUT2D eigenvalue weighted by molar-refractivity contribution is 0.422. The third-order valence-corrected chi connectivity index (χ3v) is 3.50. The molecule has 0 saturated heterocycles. The molecule has 118 valence electrons. The van der Waals surface area contributed by atoms with Crippen molar-refractivity contribution >= 4 is 21.9 Å². The van der Waals surface area contributed by atoms with Crippen molar-refractivity contribution in [1.82, 2.24) is 15.5 Å². The second kappa shape index (κ2) is 8.39. The van der Waals surface area contributed by atoms with Gasteiger partial charge in [0.2, 0.25) is 0 Å². The second-order valence-corrected chi connectivity index (χ2v) is 7.05. The molecular weight excluding hydrogens is 328 g/mol. The first kappa shape index (κ1) is 18.0. The van der Waals surface area contributed by atoms with Gasteiger partial charge in [0.05, 0.1) is 0 Å². The van der Waals surface area contributed by atoms with Crippen molar-refractivity contribution in [2.45, 2.75) is 32.9 Å². The molecule has 0 aromatic heterocycles. The molecule has 0 aliphatic heterocycles. The summed E-state index contributed by atoms with van der Waals surface area (Å²) in [4.78, 5) is 6.46. The van der Waals surface area contributed by atoms with Gasteiger partial charge in [0.25, 0.3) is 0 Å². The van der Waals surface area contributed by atoms with Gasteiger partial charge in [0.1, 0.15) is 0 Å². The van der Waals surface area contributed by atoms with E-state index in [1.54, 1.807) is 0 Å². The second-order valence-electron chi connectivity index (χ2n) is 6.13. The van der Waals surface area contributed by atoms with Crippen LogP contribution < -0.4 is 10.6 Å². The molecule has 0 aliphatic carbocycles. The first-order valence-corrected chi connectivity index (χ1v) is 8.02. The number of hydrogen-bond donors (Lipinski definition) is 2. The Morgan fingerprint density at radius 3 is 2.33 bits per heavy atom. The smallest absolute Gasteiger partial charge is 0.193 e. The van der Waals surface area contributed by atoms with Crippen molar-refractivity contribution in [2.75, 3.05) is 27.2 Å². The van der Waals surface area contributed by atoms with Crippen LogP contribution in [0.25, 0.3) is 0 Å². The standard InChI is InChI=1S/C16H27BrN4/c1-16(2,3)20-11-10-19-15(18-4)21(5)12-13-6-8-14(17)9-7-13/h6-9,20H,10-12H2,1-5H3,(H,18,19). The van der Waals surface area contributed by atoms with Crippen molar-refractivity contribution in [1.29, 1.82) is 0 Å². The van der Waals surface area contributed by atoms with Gasteiger partial charge in [0, 0.05) is 43.7 Å². The van der Waals surface area contributed by atoms with E-state index in [1.807, 2.05) is 7.05 Å². The zero-order valence-corrected chi connectivity index (χ0v) is 15.3. The van der Waals surface area contributed by atoms with Crippen LogP contribution in [0, 0.1) is 0 Å². The van der Waals surface area contributed by atoms with E-state index >= 15 is 0 Å². The summed E-state index contributed by atoms with van der Waals surface area (Å²) in [7, 11) is 3.87. The monoisotopic (exact) mass is 354 g/mol. The Kier molecular flexibility index (Phi) is 7.18. The summed E-state index contributed by atoms with van der Waals surface area (Å²) >= 11 is 3.46. The average Bonchev–Trinajstić information content (AvgIpc) is 2.40. The number of hydrogen-bond acceptors (Lipinski definition) is 2. The fraction of sp³-hybridized carbons (Fsp3) is 0.562. The Morgan fingerprint density at radius 2 is 1.81 bits per heavy atom. The highest BCUT2D eigenvalue weighted by Crippen LogP contribution is 2.11. The normalized spacial score (nSPS) is 12.4. The topological polar surface area (TPSA) is 39.7 Å². The van der Waals surface area contributed by atoms with Crippen molar-refractivity contribution in [2.24, 2.45) is 4.99 Å². The van der Waals surface area contributed by atoms with E-state index in [1.165, 1.54) is 5.56 Å². The number of nitrogens with one attached hydrogen (secondary N) is 2. The predicted molar refractivity (Wildman–Crippen MR) is 94.7 cm³/mol. The lowest BCUT2D eigenvalue weighted by Crippen LogP contribution is -2.44. The Bertz CT molecular complexity index is 448. The Hall–Kier alpha value is -1.07. The number of benzene rings is 1. The molecule has 0 aliphatic rings. The molecule has 0 atom stereocenters. The first-order valence-electron chi connectivity index (χ1n) is 7.23. The van der Waals surface area contributed by atoms with Crippen molar-refractivity contribution < 1.29 is 0 Å². The fourth-order valence-electron chi connectivity index (χ4n) is 1.94. The molecule has 0 unspecified atom stereocenters. The first-order chi connectivity index (χ1) is 9.81. The lowest BCUT2D eigenvalue weighted by Gasteiger charge is -2.24. The maximum Gasteiger partial charge on any atom is 0.193 e. The molecule has 4 nitrogen and oxygen atoms in total. The molecule has 5 heteroatoms. The average molecular weight is 355 g/mol. The molecule has 1 rings (SSSR count). The Morgan fingerprint density at radius 1 is 1.19 bits per heavy atom. The highest BCUT2D eigenvalue weighted by molar-refractivity contribution is 9.10. The molecule has 0 radical (unpaired) electrons. The quantitative estimate of drug-likeness (QED) is 0.485. The van der Waals surface area contributed by atoms with E-state index in [4.69, 9.17) is 0 Å². The van der Waals surface area contributed by atoms with E-state index in [-0.39, 0.29) is 5.54 Å². The minimum absolute atomic E-state index is 0.147. The largest absolute Gasteiger partial charge is 0.355 e. The van der Waals surface area contributed by atoms with Gasteiger partial charge in [-0.05, 0) is 38.5 Å².